The van der Waals surface area contributed by atoms with Crippen LogP contribution in [0.5, 0.6) is 0 Å². The number of nitrogens with zero attached hydrogens (tertiary/aromatic N) is 1. The number of rotatable bonds is 0. The third-order valence-corrected chi connectivity index (χ3v) is 0. The molecule has 0 heterocycles. The van der Waals surface area contributed by atoms with Crippen molar-refractivity contribution in [2.75, 3.05) is 0 Å². The van der Waals surface area contributed by atoms with E-state index < -0.39 is 3.74 Å². The van der Waals surface area contributed by atoms with Gasteiger partial charge in [0.25, 0.3) is 0 Å². The summed E-state index contributed by atoms with van der Waals surface area (Å²) in [7, 11) is 0. The summed E-state index contributed by atoms with van der Waals surface area (Å²) in [5.41, 5.74) is 0. The van der Waals surface area contributed by atoms with E-state index in [0.717, 1.165) is 17.9 Å². The fraction of sp³-hybridized carbons (Fsp3) is 0. The van der Waals surface area contributed by atoms with Gasteiger partial charge in [-0.1, -0.05) is 0 Å². The largest absolute Gasteiger partial charge is 0 e. The van der Waals surface area contributed by atoms with Crippen molar-refractivity contribution in [1.82, 2.24) is 0 Å². The third-order valence-electron chi connectivity index (χ3n) is 0. The molecule has 0 bridgehead atoms. The maximum absolute atomic E-state index is 8.81. The van der Waals surface area contributed by atoms with Gasteiger partial charge in [0, 0.05) is 13.5 Å². The molecule has 0 saturated heterocycles. The van der Waals surface area contributed by atoms with Crippen LogP contribution in [0.4, 0.5) is 0 Å². The first-order valence-electron chi connectivity index (χ1n) is 0.812. The van der Waals surface area contributed by atoms with E-state index in [9.17, 15) is 0 Å². The molecule has 0 aliphatic heterocycles. The van der Waals surface area contributed by atoms with Crippen molar-refractivity contribution in [3.05, 3.63) is 10.1 Å². The predicted octanol–water partition coefficient (Wildman–Crippen LogP) is -0.00520. The van der Waals surface area contributed by atoms with Gasteiger partial charge in [-0.3, -0.25) is 0 Å². The molecular weight excluding hydrogens is 85.0 g/mol. The average Bonchev–Trinajstić information content (AvgIpc) is 0.811. The molecule has 0 atom stereocenters. The van der Waals surface area contributed by atoms with Gasteiger partial charge in [0.2, 0.25) is 0 Å². The van der Waals surface area contributed by atoms with E-state index in [2.05, 4.69) is 0 Å². The Morgan fingerprint density at radius 3 is 1.80 bits per heavy atom. The Morgan fingerprint density at radius 2 is 1.80 bits per heavy atom. The molecule has 5 heavy (non-hydrogen) atoms. The summed E-state index contributed by atoms with van der Waals surface area (Å²) in [5, 5.41) is 8.81. The molecular formula is LiNO2S. The third kappa shape index (κ3) is 198. The first kappa shape index (κ1) is 9.02. The molecule has 5 heteroatoms. The Morgan fingerprint density at radius 1 is 1.80 bits per heavy atom. The Bertz CT molecular complexity index is 32.6. The van der Waals surface area contributed by atoms with E-state index in [1.807, 2.05) is 0 Å². The normalized spacial score (nSPS) is 5.20. The van der Waals surface area contributed by atoms with Gasteiger partial charge in [-0.25, -0.2) is 0 Å². The number of hydrogen-bond donors (Lipinski definition) is 0. The number of hydrogen-bond acceptors (Lipinski definition) is 2. The maximum atomic E-state index is 8.81. The van der Waals surface area contributed by atoms with Crippen molar-refractivity contribution in [3.8, 4) is 0 Å². The maximum Gasteiger partial charge on any atom is 0 e. The zero-order valence-electron chi connectivity index (χ0n) is 2.67. The minimum atomic E-state index is -0.500. The van der Waals surface area contributed by atoms with Crippen LogP contribution in [0.3, 0.4) is 0 Å². The van der Waals surface area contributed by atoms with Crippen LogP contribution in [0.25, 0.3) is 0 Å². The van der Waals surface area contributed by atoms with Gasteiger partial charge >= 0.3 is 31.8 Å². The van der Waals surface area contributed by atoms with E-state index >= 15 is 0 Å². The van der Waals surface area contributed by atoms with Crippen LogP contribution in [0.1, 0.15) is 0 Å². The van der Waals surface area contributed by atoms with Gasteiger partial charge in [0.1, 0.15) is 0 Å². The second-order valence-electron chi connectivity index (χ2n) is 0.440. The molecule has 0 rings (SSSR count). The van der Waals surface area contributed by atoms with Crippen LogP contribution in [-0.2, 0) is 0 Å². The molecule has 0 aliphatic rings. The Labute approximate surface area is 45.8 Å². The van der Waals surface area contributed by atoms with Crippen molar-refractivity contribution >= 4 is 31.4 Å². The molecule has 0 amide bonds. The SMILES string of the molecule is [Li][N+](=O)[O-].[S]. The summed E-state index contributed by atoms with van der Waals surface area (Å²) in [5.74, 6) is 0. The smallest absolute Gasteiger partial charge is 0 e. The van der Waals surface area contributed by atoms with E-state index in [4.69, 9.17) is 10.1 Å². The van der Waals surface area contributed by atoms with E-state index in [1.54, 1.807) is 0 Å². The second-order valence-corrected chi connectivity index (χ2v) is 0.440. The summed E-state index contributed by atoms with van der Waals surface area (Å²) < 4.78 is -0.500. The van der Waals surface area contributed by atoms with Crippen LogP contribution in [0, 0.1) is 10.1 Å². The number of nitro groups is 1. The van der Waals surface area contributed by atoms with Gasteiger partial charge in [-0.15, -0.1) is 0 Å². The fourth-order valence-corrected chi connectivity index (χ4v) is 0. The molecule has 0 saturated carbocycles. The molecule has 0 aromatic heterocycles. The van der Waals surface area contributed by atoms with Crippen LogP contribution in [-0.4, -0.2) is 21.7 Å². The standard InChI is InChI=1S/Li.NO2.S/c;2-1-3;. The first-order valence-corrected chi connectivity index (χ1v) is 0.812. The van der Waals surface area contributed by atoms with Crippen molar-refractivity contribution in [3.63, 3.8) is 0 Å². The van der Waals surface area contributed by atoms with Gasteiger partial charge < -0.3 is 0 Å². The second kappa shape index (κ2) is 4.35. The molecule has 0 spiro atoms. The van der Waals surface area contributed by atoms with Crippen LogP contribution < -0.4 is 0 Å². The van der Waals surface area contributed by atoms with Gasteiger partial charge in [-0.05, 0) is 0 Å². The molecule has 0 aromatic carbocycles. The monoisotopic (exact) mass is 85.0 g/mol. The van der Waals surface area contributed by atoms with Crippen molar-refractivity contribution < 1.29 is 3.74 Å². The predicted molar refractivity (Wildman–Crippen MR) is 20.3 cm³/mol. The van der Waals surface area contributed by atoms with Crippen LogP contribution in [0.2, 0.25) is 0 Å². The first-order chi connectivity index (χ1) is 1.73. The fourth-order valence-electron chi connectivity index (χ4n) is 0. The average molecular weight is 85.0 g/mol. The topological polar surface area (TPSA) is 43.1 Å². The van der Waals surface area contributed by atoms with E-state index in [1.165, 1.54) is 0 Å². The minimum Gasteiger partial charge on any atom is 0 e. The minimum absolute atomic E-state index is 0. The van der Waals surface area contributed by atoms with E-state index in [-0.39, 0.29) is 13.5 Å². The molecule has 3 nitrogen and oxygen atoms in total. The van der Waals surface area contributed by atoms with Crippen LogP contribution in [0.15, 0.2) is 0 Å². The molecule has 0 fully saturated rings. The van der Waals surface area contributed by atoms with Crippen LogP contribution >= 0.6 is 13.5 Å². The van der Waals surface area contributed by atoms with Gasteiger partial charge in [0.05, 0.1) is 0 Å². The van der Waals surface area contributed by atoms with Gasteiger partial charge in [0.15, 0.2) is 0 Å². The summed E-state index contributed by atoms with van der Waals surface area (Å²) in [6.07, 6.45) is 0. The molecule has 24 valence electrons. The van der Waals surface area contributed by atoms with Gasteiger partial charge in [-0.2, -0.15) is 0 Å². The summed E-state index contributed by atoms with van der Waals surface area (Å²) in [6.45, 7) is 0. The van der Waals surface area contributed by atoms with Crippen molar-refractivity contribution in [1.29, 1.82) is 0 Å². The summed E-state index contributed by atoms with van der Waals surface area (Å²) in [6, 6.07) is 0. The van der Waals surface area contributed by atoms with Crippen molar-refractivity contribution in [2.45, 2.75) is 0 Å². The van der Waals surface area contributed by atoms with E-state index in [0.29, 0.717) is 0 Å². The zero-order valence-corrected chi connectivity index (χ0v) is 3.49. The molecule has 0 unspecified atom stereocenters. The van der Waals surface area contributed by atoms with Crippen molar-refractivity contribution in [2.24, 2.45) is 0 Å². The zero-order chi connectivity index (χ0) is 3.58. The Kier molecular flexibility index (Phi) is 7.84. The molecule has 2 radical (unpaired) electrons. The molecule has 0 aliphatic carbocycles. The Hall–Kier alpha value is 0.347. The summed E-state index contributed by atoms with van der Waals surface area (Å²) in [4.78, 5) is 8.81. The Balaban J connectivity index is 0. The molecule has 0 N–H and O–H groups in total. The quantitative estimate of drug-likeness (QED) is 0.236. The molecule has 0 aromatic rings. The summed E-state index contributed by atoms with van der Waals surface area (Å²) >= 11 is 0.889.